The Kier molecular flexibility index (Phi) is 7.24. The third-order valence-electron chi connectivity index (χ3n) is 6.83. The third-order valence-corrected chi connectivity index (χ3v) is 6.83. The van der Waals surface area contributed by atoms with Crippen LogP contribution in [0.15, 0.2) is 60.8 Å². The van der Waals surface area contributed by atoms with Crippen LogP contribution < -0.4 is 14.2 Å². The van der Waals surface area contributed by atoms with Gasteiger partial charge in [-0.3, -0.25) is 4.57 Å². The fraction of sp³-hybridized carbons (Fsp3) is 0.333. The first-order chi connectivity index (χ1) is 19.4. The zero-order valence-electron chi connectivity index (χ0n) is 21.7. The van der Waals surface area contributed by atoms with Gasteiger partial charge in [-0.05, 0) is 65.7 Å². The summed E-state index contributed by atoms with van der Waals surface area (Å²) in [6.45, 7) is 2.51. The van der Waals surface area contributed by atoms with Gasteiger partial charge in [0.05, 0.1) is 6.54 Å². The highest BCUT2D eigenvalue weighted by Crippen LogP contribution is 2.33. The molecule has 0 saturated heterocycles. The van der Waals surface area contributed by atoms with Crippen LogP contribution in [0.2, 0.25) is 0 Å². The molecule has 2 aliphatic rings. The highest BCUT2D eigenvalue weighted by atomic mass is 19.4. The lowest BCUT2D eigenvalue weighted by molar-refractivity contribution is -0.389. The number of nitro groups is 1. The van der Waals surface area contributed by atoms with Gasteiger partial charge in [-0.1, -0.05) is 30.3 Å². The molecule has 0 saturated carbocycles. The van der Waals surface area contributed by atoms with Crippen molar-refractivity contribution in [1.82, 2.24) is 14.5 Å². The van der Waals surface area contributed by atoms with Crippen LogP contribution in [0.25, 0.3) is 5.57 Å². The first-order valence-electron chi connectivity index (χ1n) is 12.5. The summed E-state index contributed by atoms with van der Waals surface area (Å²) in [5.74, 6) is -0.0422. The standard InChI is InChI=1S/C27H25F3N4O7/c1-26(15-32-14-23(34(37)38)31-24(32)41-26)16-39-21-8-4-18(5-9-21)19-10-11-33(25(35)36)20(13-19)12-17-2-6-22(7-3-17)40-27(28,29)30/h2-10,14,20H,11-13,15-16H2,1H3,(H,35,36). The largest absolute Gasteiger partial charge is 0.573 e. The lowest BCUT2D eigenvalue weighted by atomic mass is 9.90. The molecule has 1 amide bonds. The highest BCUT2D eigenvalue weighted by Gasteiger charge is 2.41. The molecule has 1 aromatic heterocycles. The molecule has 41 heavy (non-hydrogen) atoms. The lowest BCUT2D eigenvalue weighted by Crippen LogP contribution is -2.43. The van der Waals surface area contributed by atoms with Crippen LogP contribution in [0, 0.1) is 10.1 Å². The Balaban J connectivity index is 1.20. The molecule has 2 aromatic carbocycles. The molecular formula is C27H25F3N4O7. The van der Waals surface area contributed by atoms with E-state index in [-0.39, 0.29) is 30.7 Å². The van der Waals surface area contributed by atoms with Gasteiger partial charge in [0.1, 0.15) is 24.3 Å². The maximum absolute atomic E-state index is 12.5. The predicted molar refractivity (Wildman–Crippen MR) is 138 cm³/mol. The Morgan fingerprint density at radius 3 is 2.49 bits per heavy atom. The van der Waals surface area contributed by atoms with Crippen LogP contribution >= 0.6 is 0 Å². The molecule has 5 rings (SSSR count). The molecule has 0 spiro atoms. The predicted octanol–water partition coefficient (Wildman–Crippen LogP) is 5.30. The van der Waals surface area contributed by atoms with Crippen molar-refractivity contribution < 1.29 is 42.2 Å². The van der Waals surface area contributed by atoms with Gasteiger partial charge < -0.3 is 34.3 Å². The number of hydrogen-bond acceptors (Lipinski definition) is 7. The topological polar surface area (TPSA) is 129 Å². The number of fused-ring (bicyclic) bond motifs is 1. The summed E-state index contributed by atoms with van der Waals surface area (Å²) in [6, 6.07) is 12.5. The minimum Gasteiger partial charge on any atom is -0.489 e. The Morgan fingerprint density at radius 1 is 1.20 bits per heavy atom. The van der Waals surface area contributed by atoms with Gasteiger partial charge in [0.25, 0.3) is 0 Å². The number of carbonyl (C=O) groups is 1. The molecule has 2 unspecified atom stereocenters. The van der Waals surface area contributed by atoms with Crippen LogP contribution in [-0.2, 0) is 13.0 Å². The third kappa shape index (κ3) is 6.53. The maximum Gasteiger partial charge on any atom is 0.573 e. The average molecular weight is 575 g/mol. The van der Waals surface area contributed by atoms with E-state index in [4.69, 9.17) is 9.47 Å². The Bertz CT molecular complexity index is 1450. The molecule has 11 nitrogen and oxygen atoms in total. The fourth-order valence-electron chi connectivity index (χ4n) is 4.91. The van der Waals surface area contributed by atoms with E-state index in [1.807, 2.05) is 25.1 Å². The van der Waals surface area contributed by atoms with Crippen LogP contribution in [0.4, 0.5) is 23.8 Å². The monoisotopic (exact) mass is 574 g/mol. The highest BCUT2D eigenvalue weighted by molar-refractivity contribution is 5.72. The summed E-state index contributed by atoms with van der Waals surface area (Å²) in [5.41, 5.74) is 1.75. The number of aromatic nitrogens is 2. The lowest BCUT2D eigenvalue weighted by Gasteiger charge is -2.33. The van der Waals surface area contributed by atoms with Crippen molar-refractivity contribution >= 4 is 17.5 Å². The van der Waals surface area contributed by atoms with Crippen LogP contribution in [0.1, 0.15) is 24.5 Å². The van der Waals surface area contributed by atoms with E-state index in [0.29, 0.717) is 30.7 Å². The van der Waals surface area contributed by atoms with Gasteiger partial charge in [-0.25, -0.2) is 4.79 Å². The van der Waals surface area contributed by atoms with Crippen molar-refractivity contribution in [3.63, 3.8) is 0 Å². The zero-order valence-corrected chi connectivity index (χ0v) is 21.7. The van der Waals surface area contributed by atoms with Gasteiger partial charge in [0.2, 0.25) is 0 Å². The number of ether oxygens (including phenoxy) is 3. The molecule has 2 aliphatic heterocycles. The molecule has 0 aliphatic carbocycles. The number of hydrogen-bond donors (Lipinski definition) is 1. The van der Waals surface area contributed by atoms with E-state index < -0.39 is 29.0 Å². The van der Waals surface area contributed by atoms with Gasteiger partial charge in [-0.15, -0.1) is 13.2 Å². The summed E-state index contributed by atoms with van der Waals surface area (Å²) < 4.78 is 54.5. The van der Waals surface area contributed by atoms with E-state index in [1.165, 1.54) is 35.4 Å². The van der Waals surface area contributed by atoms with Crippen molar-refractivity contribution in [2.75, 3.05) is 13.2 Å². The zero-order chi connectivity index (χ0) is 29.4. The second-order valence-corrected chi connectivity index (χ2v) is 10.0. The molecule has 1 N–H and O–H groups in total. The van der Waals surface area contributed by atoms with Crippen LogP contribution in [0.5, 0.6) is 17.5 Å². The first kappa shape index (κ1) is 27.8. The van der Waals surface area contributed by atoms with Gasteiger partial charge >= 0.3 is 24.3 Å². The van der Waals surface area contributed by atoms with Gasteiger partial charge in [-0.2, -0.15) is 0 Å². The number of alkyl halides is 3. The molecule has 0 radical (unpaired) electrons. The quantitative estimate of drug-likeness (QED) is 0.284. The van der Waals surface area contributed by atoms with Crippen LogP contribution in [-0.4, -0.2) is 61.7 Å². The maximum atomic E-state index is 12.5. The number of rotatable bonds is 8. The minimum absolute atomic E-state index is 0.165. The normalized spacial score (nSPS) is 20.1. The van der Waals surface area contributed by atoms with Crippen molar-refractivity contribution in [2.45, 2.75) is 44.3 Å². The number of imidazole rings is 1. The van der Waals surface area contributed by atoms with Crippen molar-refractivity contribution in [2.24, 2.45) is 0 Å². The number of amides is 1. The summed E-state index contributed by atoms with van der Waals surface area (Å²) in [6.07, 6.45) is -1.97. The summed E-state index contributed by atoms with van der Waals surface area (Å²) >= 11 is 0. The summed E-state index contributed by atoms with van der Waals surface area (Å²) in [4.78, 5) is 27.3. The van der Waals surface area contributed by atoms with E-state index in [0.717, 1.165) is 11.1 Å². The van der Waals surface area contributed by atoms with Crippen LogP contribution in [0.3, 0.4) is 0 Å². The summed E-state index contributed by atoms with van der Waals surface area (Å²) in [7, 11) is 0. The first-order valence-corrected chi connectivity index (χ1v) is 12.5. The van der Waals surface area contributed by atoms with E-state index in [2.05, 4.69) is 9.72 Å². The second-order valence-electron chi connectivity index (χ2n) is 10.0. The van der Waals surface area contributed by atoms with E-state index in [1.54, 1.807) is 16.7 Å². The Hall–Kier alpha value is -4.75. The van der Waals surface area contributed by atoms with Crippen molar-refractivity contribution in [3.8, 4) is 17.5 Å². The summed E-state index contributed by atoms with van der Waals surface area (Å²) in [5, 5.41) is 20.6. The molecule has 3 aromatic rings. The molecule has 14 heteroatoms. The minimum atomic E-state index is -4.79. The smallest absolute Gasteiger partial charge is 0.489 e. The fourth-order valence-corrected chi connectivity index (χ4v) is 4.91. The number of nitrogens with zero attached hydrogens (tertiary/aromatic N) is 4. The van der Waals surface area contributed by atoms with Crippen molar-refractivity contribution in [3.05, 3.63) is 82.0 Å². The van der Waals surface area contributed by atoms with E-state index >= 15 is 0 Å². The Morgan fingerprint density at radius 2 is 1.88 bits per heavy atom. The molecule has 216 valence electrons. The Labute approximate surface area is 231 Å². The molecule has 0 bridgehead atoms. The average Bonchev–Trinajstić information content (AvgIpc) is 3.44. The number of benzene rings is 2. The van der Waals surface area contributed by atoms with Gasteiger partial charge in [0.15, 0.2) is 5.60 Å². The SMILES string of the molecule is CC1(COc2ccc(C3=CCN(C(=O)O)C(Cc4ccc(OC(F)(F)F)cc4)C3)cc2)Cn2cc([N+](=O)[O-])nc2O1. The van der Waals surface area contributed by atoms with Gasteiger partial charge in [0, 0.05) is 17.6 Å². The van der Waals surface area contributed by atoms with Crippen molar-refractivity contribution in [1.29, 1.82) is 0 Å². The molecule has 3 heterocycles. The second kappa shape index (κ2) is 10.7. The molecule has 0 fully saturated rings. The van der Waals surface area contributed by atoms with E-state index in [9.17, 15) is 33.2 Å². The number of carboxylic acid groups (broad SMARTS) is 1. The number of halogens is 3. The molecular weight excluding hydrogens is 549 g/mol. The molecule has 2 atom stereocenters.